The molecule has 2 heterocycles. The third-order valence-corrected chi connectivity index (χ3v) is 3.57. The van der Waals surface area contributed by atoms with Crippen molar-refractivity contribution in [1.82, 2.24) is 15.0 Å². The average molecular weight is 277 g/mol. The zero-order valence-electron chi connectivity index (χ0n) is 11.3. The Morgan fingerprint density at radius 2 is 2.05 bits per heavy atom. The molecule has 0 radical (unpaired) electrons. The van der Waals surface area contributed by atoms with E-state index in [1.54, 1.807) is 11.3 Å². The zero-order chi connectivity index (χ0) is 13.7. The normalized spacial score (nSPS) is 12.4. The van der Waals surface area contributed by atoms with Crippen molar-refractivity contribution in [3.63, 3.8) is 0 Å². The van der Waals surface area contributed by atoms with Crippen LogP contribution in [0.3, 0.4) is 0 Å². The summed E-state index contributed by atoms with van der Waals surface area (Å²) in [5, 5.41) is 2.03. The van der Waals surface area contributed by atoms with E-state index in [4.69, 9.17) is 5.73 Å². The Hall–Kier alpha value is -1.53. The van der Waals surface area contributed by atoms with Crippen LogP contribution in [0, 0.1) is 0 Å². The molecular weight excluding hydrogens is 258 g/mol. The fourth-order valence-corrected chi connectivity index (χ4v) is 2.28. The molecule has 0 saturated carbocycles. The van der Waals surface area contributed by atoms with Crippen LogP contribution in [0.1, 0.15) is 24.6 Å². The number of nitrogens with zero attached hydrogens (tertiary/aromatic N) is 4. The van der Waals surface area contributed by atoms with Gasteiger partial charge in [0.2, 0.25) is 5.95 Å². The topological polar surface area (TPSA) is 67.9 Å². The number of aromatic nitrogens is 3. The number of rotatable bonds is 6. The van der Waals surface area contributed by atoms with E-state index < -0.39 is 0 Å². The number of hydrogen-bond donors (Lipinski definition) is 1. The number of hydrogen-bond acceptors (Lipinski definition) is 6. The van der Waals surface area contributed by atoms with Gasteiger partial charge in [-0.3, -0.25) is 0 Å². The van der Waals surface area contributed by atoms with Crippen molar-refractivity contribution >= 4 is 17.3 Å². The predicted octanol–water partition coefficient (Wildman–Crippen LogP) is 1.85. The highest BCUT2D eigenvalue weighted by atomic mass is 32.1. The molecule has 0 spiro atoms. The summed E-state index contributed by atoms with van der Waals surface area (Å²) in [5.74, 6) is 0.710. The van der Waals surface area contributed by atoms with Gasteiger partial charge >= 0.3 is 0 Å². The van der Waals surface area contributed by atoms with Gasteiger partial charge < -0.3 is 10.6 Å². The molecule has 2 aromatic rings. The van der Waals surface area contributed by atoms with Gasteiger partial charge in [-0.25, -0.2) is 15.0 Å². The minimum absolute atomic E-state index is 0.183. The van der Waals surface area contributed by atoms with Crippen molar-refractivity contribution in [1.29, 1.82) is 0 Å². The Bertz CT molecular complexity index is 482. The second-order valence-electron chi connectivity index (χ2n) is 4.60. The fourth-order valence-electron chi connectivity index (χ4n) is 1.73. The average Bonchev–Trinajstić information content (AvgIpc) is 2.92. The number of anilines is 1. The first kappa shape index (κ1) is 13.9. The summed E-state index contributed by atoms with van der Waals surface area (Å²) in [6, 6.07) is 0.183. The molecule has 6 heteroatoms. The van der Waals surface area contributed by atoms with Gasteiger partial charge in [0.1, 0.15) is 0 Å². The van der Waals surface area contributed by atoms with Crippen molar-refractivity contribution in [2.75, 3.05) is 11.9 Å². The summed E-state index contributed by atoms with van der Waals surface area (Å²) in [4.78, 5) is 15.0. The first-order chi connectivity index (χ1) is 9.19. The molecule has 0 fully saturated rings. The SMILES string of the molecule is CCC(N)Cc1cnc(N(C)Cc2cscn2)nc1. The lowest BCUT2D eigenvalue weighted by Crippen LogP contribution is -2.22. The van der Waals surface area contributed by atoms with Crippen LogP contribution in [0.5, 0.6) is 0 Å². The third-order valence-electron chi connectivity index (χ3n) is 2.94. The highest BCUT2D eigenvalue weighted by molar-refractivity contribution is 7.07. The summed E-state index contributed by atoms with van der Waals surface area (Å²) in [7, 11) is 1.96. The molecule has 0 aliphatic carbocycles. The van der Waals surface area contributed by atoms with E-state index in [1.165, 1.54) is 0 Å². The molecule has 0 bridgehead atoms. The zero-order valence-corrected chi connectivity index (χ0v) is 12.1. The molecule has 2 N–H and O–H groups in total. The molecule has 2 aromatic heterocycles. The molecule has 1 atom stereocenters. The Labute approximate surface area is 117 Å². The highest BCUT2D eigenvalue weighted by Crippen LogP contribution is 2.11. The molecular formula is C13H19N5S. The first-order valence-electron chi connectivity index (χ1n) is 6.33. The summed E-state index contributed by atoms with van der Waals surface area (Å²) in [5.41, 5.74) is 9.87. The van der Waals surface area contributed by atoms with E-state index in [-0.39, 0.29) is 6.04 Å². The second kappa shape index (κ2) is 6.58. The van der Waals surface area contributed by atoms with E-state index in [0.717, 1.165) is 30.6 Å². The van der Waals surface area contributed by atoms with E-state index in [9.17, 15) is 0 Å². The van der Waals surface area contributed by atoms with Crippen molar-refractivity contribution in [3.05, 3.63) is 34.5 Å². The monoisotopic (exact) mass is 277 g/mol. The molecule has 5 nitrogen and oxygen atoms in total. The lowest BCUT2D eigenvalue weighted by atomic mass is 10.1. The Morgan fingerprint density at radius 3 is 2.63 bits per heavy atom. The highest BCUT2D eigenvalue weighted by Gasteiger charge is 2.07. The lowest BCUT2D eigenvalue weighted by Gasteiger charge is -2.16. The van der Waals surface area contributed by atoms with Gasteiger partial charge in [-0.1, -0.05) is 6.92 Å². The minimum atomic E-state index is 0.183. The summed E-state index contributed by atoms with van der Waals surface area (Å²) in [6.07, 6.45) is 5.50. The van der Waals surface area contributed by atoms with E-state index in [0.29, 0.717) is 5.95 Å². The quantitative estimate of drug-likeness (QED) is 0.872. The predicted molar refractivity (Wildman–Crippen MR) is 78.2 cm³/mol. The van der Waals surface area contributed by atoms with Crippen molar-refractivity contribution in [2.45, 2.75) is 32.4 Å². The van der Waals surface area contributed by atoms with Crippen molar-refractivity contribution in [2.24, 2.45) is 5.73 Å². The van der Waals surface area contributed by atoms with Crippen LogP contribution in [0.2, 0.25) is 0 Å². The smallest absolute Gasteiger partial charge is 0.225 e. The Morgan fingerprint density at radius 1 is 1.32 bits per heavy atom. The van der Waals surface area contributed by atoms with Crippen LogP contribution >= 0.6 is 11.3 Å². The molecule has 0 aromatic carbocycles. The second-order valence-corrected chi connectivity index (χ2v) is 5.32. The van der Waals surface area contributed by atoms with Gasteiger partial charge in [0.15, 0.2) is 0 Å². The number of nitrogens with two attached hydrogens (primary N) is 1. The summed E-state index contributed by atoms with van der Waals surface area (Å²) in [6.45, 7) is 2.80. The van der Waals surface area contributed by atoms with Crippen molar-refractivity contribution in [3.8, 4) is 0 Å². The van der Waals surface area contributed by atoms with E-state index in [2.05, 4.69) is 21.9 Å². The van der Waals surface area contributed by atoms with Crippen LogP contribution in [0.15, 0.2) is 23.3 Å². The molecule has 0 saturated heterocycles. The van der Waals surface area contributed by atoms with Gasteiger partial charge in [0.25, 0.3) is 0 Å². The maximum Gasteiger partial charge on any atom is 0.225 e. The maximum absolute atomic E-state index is 5.92. The molecule has 1 unspecified atom stereocenters. The van der Waals surface area contributed by atoms with Crippen LogP contribution in [0.4, 0.5) is 5.95 Å². The van der Waals surface area contributed by atoms with Crippen LogP contribution < -0.4 is 10.6 Å². The number of thiazole rings is 1. The van der Waals surface area contributed by atoms with E-state index in [1.807, 2.05) is 35.2 Å². The molecule has 0 aliphatic rings. The van der Waals surface area contributed by atoms with Gasteiger partial charge in [-0.15, -0.1) is 11.3 Å². The Balaban J connectivity index is 1.97. The summed E-state index contributed by atoms with van der Waals surface area (Å²) >= 11 is 1.60. The molecule has 19 heavy (non-hydrogen) atoms. The first-order valence-corrected chi connectivity index (χ1v) is 7.28. The maximum atomic E-state index is 5.92. The third kappa shape index (κ3) is 3.97. The molecule has 0 amide bonds. The van der Waals surface area contributed by atoms with Gasteiger partial charge in [-0.05, 0) is 18.4 Å². The largest absolute Gasteiger partial charge is 0.338 e. The van der Waals surface area contributed by atoms with Crippen LogP contribution in [-0.2, 0) is 13.0 Å². The van der Waals surface area contributed by atoms with Gasteiger partial charge in [0, 0.05) is 30.9 Å². The van der Waals surface area contributed by atoms with Crippen molar-refractivity contribution < 1.29 is 0 Å². The van der Waals surface area contributed by atoms with E-state index >= 15 is 0 Å². The summed E-state index contributed by atoms with van der Waals surface area (Å²) < 4.78 is 0. The molecule has 2 rings (SSSR count). The fraction of sp³-hybridized carbons (Fsp3) is 0.462. The van der Waals surface area contributed by atoms with Crippen LogP contribution in [-0.4, -0.2) is 28.0 Å². The van der Waals surface area contributed by atoms with Gasteiger partial charge in [0.05, 0.1) is 17.7 Å². The van der Waals surface area contributed by atoms with Gasteiger partial charge in [-0.2, -0.15) is 0 Å². The van der Waals surface area contributed by atoms with Crippen LogP contribution in [0.25, 0.3) is 0 Å². The lowest BCUT2D eigenvalue weighted by molar-refractivity contribution is 0.643. The standard InChI is InChI=1S/C13H19N5S/c1-3-11(14)4-10-5-15-13(16-6-10)18(2)7-12-8-19-9-17-12/h5-6,8-9,11H,3-4,7,14H2,1-2H3. The minimum Gasteiger partial charge on any atom is -0.338 e. The molecule has 0 aliphatic heterocycles. The molecule has 102 valence electrons. The Kier molecular flexibility index (Phi) is 4.81.